The number of halogens is 2. The number of carbonyl (C=O) groups is 1. The minimum absolute atomic E-state index is 0.0518. The van der Waals surface area contributed by atoms with Crippen molar-refractivity contribution in [2.24, 2.45) is 0 Å². The lowest BCUT2D eigenvalue weighted by atomic mass is 9.90. The van der Waals surface area contributed by atoms with Gasteiger partial charge in [0.1, 0.15) is 18.3 Å². The molecule has 0 aliphatic carbocycles. The van der Waals surface area contributed by atoms with Crippen molar-refractivity contribution in [2.75, 3.05) is 44.2 Å². The zero-order chi connectivity index (χ0) is 28.2. The van der Waals surface area contributed by atoms with Crippen molar-refractivity contribution in [3.8, 4) is 0 Å². The number of amides is 1. The molecule has 3 aromatic rings. The molecule has 0 saturated carbocycles. The van der Waals surface area contributed by atoms with E-state index in [0.29, 0.717) is 25.9 Å². The van der Waals surface area contributed by atoms with Crippen molar-refractivity contribution in [1.29, 1.82) is 0 Å². The number of piperazine rings is 1. The van der Waals surface area contributed by atoms with Crippen LogP contribution in [0, 0.1) is 5.82 Å². The molecule has 1 aromatic carbocycles. The Kier molecular flexibility index (Phi) is 7.13. The van der Waals surface area contributed by atoms with Crippen LogP contribution in [0.1, 0.15) is 50.9 Å². The molecule has 3 aliphatic rings. The molecule has 2 fully saturated rings. The van der Waals surface area contributed by atoms with E-state index in [1.807, 2.05) is 16.3 Å². The maximum absolute atomic E-state index is 14.2. The van der Waals surface area contributed by atoms with Crippen LogP contribution >= 0.6 is 0 Å². The van der Waals surface area contributed by atoms with Gasteiger partial charge in [-0.3, -0.25) is 14.6 Å². The minimum Gasteiger partial charge on any atom is -0.311 e. The quantitative estimate of drug-likeness (QED) is 0.508. The zero-order valence-corrected chi connectivity index (χ0v) is 23.8. The molecule has 214 valence electrons. The first-order valence-corrected chi connectivity index (χ1v) is 14.4. The second-order valence-corrected chi connectivity index (χ2v) is 12.5. The summed E-state index contributed by atoms with van der Waals surface area (Å²) in [5, 5.41) is 8.11. The molecule has 2 saturated heterocycles. The number of anilines is 1. The van der Waals surface area contributed by atoms with Crippen LogP contribution in [0.15, 0.2) is 36.7 Å². The van der Waals surface area contributed by atoms with Crippen molar-refractivity contribution in [3.63, 3.8) is 0 Å². The second-order valence-electron chi connectivity index (χ2n) is 12.5. The van der Waals surface area contributed by atoms with E-state index in [1.54, 1.807) is 18.5 Å². The minimum atomic E-state index is -0.786. The summed E-state index contributed by atoms with van der Waals surface area (Å²) in [6.07, 6.45) is 1.90. The van der Waals surface area contributed by atoms with Gasteiger partial charge in [0.2, 0.25) is 5.91 Å². The Balaban J connectivity index is 1.28. The molecule has 0 spiro atoms. The molecule has 0 bridgehead atoms. The SMILES string of the molecule is C[C@@H]1CN(CC(=O)N2CC(C)(C)c3c2cc(Cc2ccc(F)cc2)c2ncnn32)[C@@H](CN2CC[C@@H](F)[C@H]2C)CN1. The third-order valence-corrected chi connectivity index (χ3v) is 9.00. The summed E-state index contributed by atoms with van der Waals surface area (Å²) in [6, 6.07) is 8.87. The number of rotatable bonds is 6. The van der Waals surface area contributed by atoms with Gasteiger partial charge in [0.25, 0.3) is 0 Å². The molecule has 5 heterocycles. The number of hydrogen-bond donors (Lipinski definition) is 1. The second kappa shape index (κ2) is 10.5. The van der Waals surface area contributed by atoms with Gasteiger partial charge < -0.3 is 10.2 Å². The summed E-state index contributed by atoms with van der Waals surface area (Å²) in [5.41, 5.74) is 4.18. The van der Waals surface area contributed by atoms with Gasteiger partial charge in [0.15, 0.2) is 5.65 Å². The largest absolute Gasteiger partial charge is 0.311 e. The Bertz CT molecular complexity index is 1390. The lowest BCUT2D eigenvalue weighted by Gasteiger charge is -2.41. The first-order valence-electron chi connectivity index (χ1n) is 14.4. The molecule has 40 heavy (non-hydrogen) atoms. The number of hydrogen-bond acceptors (Lipinski definition) is 6. The van der Waals surface area contributed by atoms with Gasteiger partial charge >= 0.3 is 0 Å². The molecule has 1 amide bonds. The molecule has 2 aromatic heterocycles. The topological polar surface area (TPSA) is 69.0 Å². The first-order chi connectivity index (χ1) is 19.1. The normalized spacial score (nSPS) is 27.0. The standard InChI is InChI=1S/C30H39F2N7O/c1-19-14-37(24(13-33-19)15-36-10-9-25(32)20(36)2)16-27(40)38-17-30(3,4)28-26(38)12-22(29-34-18-35-39(28)29)11-21-5-7-23(31)8-6-21/h5-8,12,18-20,24-25,33H,9-11,13-17H2,1-4H3/t19-,20-,24-,25-/m1/s1. The highest BCUT2D eigenvalue weighted by Crippen LogP contribution is 2.42. The fourth-order valence-corrected chi connectivity index (χ4v) is 6.76. The van der Waals surface area contributed by atoms with Crippen molar-refractivity contribution in [1.82, 2.24) is 29.7 Å². The van der Waals surface area contributed by atoms with Gasteiger partial charge in [-0.2, -0.15) is 5.10 Å². The van der Waals surface area contributed by atoms with Crippen LogP contribution in [0.3, 0.4) is 0 Å². The van der Waals surface area contributed by atoms with Crippen LogP contribution in [0.2, 0.25) is 0 Å². The van der Waals surface area contributed by atoms with Gasteiger partial charge in [0, 0.05) is 68.2 Å². The van der Waals surface area contributed by atoms with E-state index in [9.17, 15) is 13.6 Å². The number of likely N-dealkylation sites (tertiary alicyclic amines) is 1. The molecule has 1 N–H and O–H groups in total. The van der Waals surface area contributed by atoms with E-state index in [-0.39, 0.29) is 35.3 Å². The fourth-order valence-electron chi connectivity index (χ4n) is 6.76. The molecule has 0 unspecified atom stereocenters. The molecule has 4 atom stereocenters. The average Bonchev–Trinajstić information content (AvgIpc) is 3.59. The molecule has 3 aliphatic heterocycles. The maximum atomic E-state index is 14.2. The van der Waals surface area contributed by atoms with Crippen molar-refractivity contribution in [2.45, 2.75) is 70.2 Å². The van der Waals surface area contributed by atoms with Gasteiger partial charge in [-0.05, 0) is 44.0 Å². The number of aromatic nitrogens is 3. The van der Waals surface area contributed by atoms with E-state index in [0.717, 1.165) is 54.3 Å². The fraction of sp³-hybridized carbons (Fsp3) is 0.567. The highest BCUT2D eigenvalue weighted by Gasteiger charge is 2.43. The average molecular weight is 552 g/mol. The lowest BCUT2D eigenvalue weighted by Crippen LogP contribution is -2.61. The number of nitrogens with one attached hydrogen (secondary N) is 1. The number of alkyl halides is 1. The highest BCUT2D eigenvalue weighted by atomic mass is 19.1. The van der Waals surface area contributed by atoms with E-state index in [4.69, 9.17) is 0 Å². The maximum Gasteiger partial charge on any atom is 0.241 e. The van der Waals surface area contributed by atoms with Gasteiger partial charge in [-0.15, -0.1) is 0 Å². The number of carbonyl (C=O) groups excluding carboxylic acids is 1. The van der Waals surface area contributed by atoms with Crippen LogP contribution in [-0.2, 0) is 16.6 Å². The number of nitrogens with zero attached hydrogens (tertiary/aromatic N) is 6. The van der Waals surface area contributed by atoms with E-state index < -0.39 is 6.17 Å². The van der Waals surface area contributed by atoms with E-state index in [2.05, 4.69) is 52.0 Å². The van der Waals surface area contributed by atoms with Crippen LogP contribution in [0.5, 0.6) is 0 Å². The monoisotopic (exact) mass is 551 g/mol. The Morgan fingerprint density at radius 1 is 1.18 bits per heavy atom. The van der Waals surface area contributed by atoms with E-state index >= 15 is 0 Å². The smallest absolute Gasteiger partial charge is 0.241 e. The summed E-state index contributed by atoms with van der Waals surface area (Å²) in [6.45, 7) is 12.3. The summed E-state index contributed by atoms with van der Waals surface area (Å²) < 4.78 is 29.6. The Labute approximate surface area is 234 Å². The van der Waals surface area contributed by atoms with Crippen LogP contribution in [0.4, 0.5) is 14.5 Å². The molecule has 0 radical (unpaired) electrons. The molecule has 8 nitrogen and oxygen atoms in total. The molecule has 6 rings (SSSR count). The van der Waals surface area contributed by atoms with Crippen molar-refractivity contribution >= 4 is 17.2 Å². The van der Waals surface area contributed by atoms with Crippen molar-refractivity contribution < 1.29 is 13.6 Å². The number of benzene rings is 1. The third kappa shape index (κ3) is 5.01. The summed E-state index contributed by atoms with van der Waals surface area (Å²) >= 11 is 0. The van der Waals surface area contributed by atoms with Crippen molar-refractivity contribution in [3.05, 3.63) is 59.3 Å². The van der Waals surface area contributed by atoms with E-state index in [1.165, 1.54) is 12.1 Å². The summed E-state index contributed by atoms with van der Waals surface area (Å²) in [4.78, 5) is 25.0. The summed E-state index contributed by atoms with van der Waals surface area (Å²) in [7, 11) is 0. The van der Waals surface area contributed by atoms with Crippen LogP contribution in [0.25, 0.3) is 5.65 Å². The van der Waals surface area contributed by atoms with Gasteiger partial charge in [-0.25, -0.2) is 18.3 Å². The third-order valence-electron chi connectivity index (χ3n) is 9.00. The number of fused-ring (bicyclic) bond motifs is 3. The van der Waals surface area contributed by atoms with Gasteiger partial charge in [0.05, 0.1) is 17.9 Å². The zero-order valence-electron chi connectivity index (χ0n) is 23.8. The van der Waals surface area contributed by atoms with Crippen LogP contribution in [-0.4, -0.2) is 93.9 Å². The highest BCUT2D eigenvalue weighted by molar-refractivity contribution is 5.97. The Morgan fingerprint density at radius 3 is 2.67 bits per heavy atom. The predicted molar refractivity (Wildman–Crippen MR) is 151 cm³/mol. The Hall–Kier alpha value is -2.95. The lowest BCUT2D eigenvalue weighted by molar-refractivity contribution is -0.120. The molecular formula is C30H39F2N7O. The predicted octanol–water partition coefficient (Wildman–Crippen LogP) is 3.18. The molecule has 10 heteroatoms. The summed E-state index contributed by atoms with van der Waals surface area (Å²) in [5.74, 6) is -0.218. The molecular weight excluding hydrogens is 512 g/mol. The van der Waals surface area contributed by atoms with Gasteiger partial charge in [-0.1, -0.05) is 26.0 Å². The van der Waals surface area contributed by atoms with Crippen LogP contribution < -0.4 is 10.2 Å². The Morgan fingerprint density at radius 2 is 1.95 bits per heavy atom. The first kappa shape index (κ1) is 27.2. The number of pyridine rings is 1.